The van der Waals surface area contributed by atoms with E-state index in [4.69, 9.17) is 21.4 Å². The van der Waals surface area contributed by atoms with Crippen molar-refractivity contribution in [3.63, 3.8) is 0 Å². The third-order valence-corrected chi connectivity index (χ3v) is 9.26. The number of anilines is 1. The molecule has 0 aliphatic carbocycles. The monoisotopic (exact) mass is 697 g/mol. The van der Waals surface area contributed by atoms with E-state index in [1.165, 1.54) is 36.0 Å². The van der Waals surface area contributed by atoms with Crippen LogP contribution in [0.15, 0.2) is 66.7 Å². The van der Waals surface area contributed by atoms with Gasteiger partial charge in [-0.15, -0.1) is 11.8 Å². The SMILES string of the molecule is [2H]N(CC(=O)N[C@@H](CCCCN)C(=O)O)C(=O)COc1ccc([C@@H]2[C@@H](SCC(O)c3ccc4c(c3)OCO4)C(=O)N2c2ccc(F)cc2)cc1. The molecule has 1 unspecified atom stereocenters. The van der Waals surface area contributed by atoms with E-state index in [1.807, 2.05) is 0 Å². The van der Waals surface area contributed by atoms with Crippen molar-refractivity contribution in [2.24, 2.45) is 5.73 Å². The fraction of sp³-hybridized carbons (Fsp3) is 0.353. The Labute approximate surface area is 287 Å². The number of aliphatic hydroxyl groups excluding tert-OH is 1. The number of rotatable bonds is 17. The van der Waals surface area contributed by atoms with Crippen LogP contribution in [0, 0.1) is 5.82 Å². The van der Waals surface area contributed by atoms with Crippen molar-refractivity contribution in [2.45, 2.75) is 42.7 Å². The lowest BCUT2D eigenvalue weighted by Crippen LogP contribution is -2.57. The molecular formula is C34H37FN4O9S. The average molecular weight is 698 g/mol. The fourth-order valence-corrected chi connectivity index (χ4v) is 6.65. The quantitative estimate of drug-likeness (QED) is 0.103. The molecule has 2 aliphatic rings. The number of thioether (sulfide) groups is 1. The maximum atomic E-state index is 13.7. The molecule has 5 rings (SSSR count). The lowest BCUT2D eigenvalue weighted by molar-refractivity contribution is -0.142. The number of carboxylic acid groups (broad SMARTS) is 1. The number of amides is 3. The van der Waals surface area contributed by atoms with Gasteiger partial charge in [-0.25, -0.2) is 9.18 Å². The molecule has 0 saturated carbocycles. The topological polar surface area (TPSA) is 190 Å². The van der Waals surface area contributed by atoms with Crippen LogP contribution in [0.5, 0.6) is 17.2 Å². The molecule has 4 atom stereocenters. The van der Waals surface area contributed by atoms with Crippen LogP contribution in [0.1, 0.15) is 42.5 Å². The molecule has 6 N–H and O–H groups in total. The molecule has 15 heteroatoms. The van der Waals surface area contributed by atoms with Gasteiger partial charge in [0.05, 0.1) is 18.7 Å². The number of hydrogen-bond donors (Lipinski definition) is 5. The van der Waals surface area contributed by atoms with E-state index in [0.29, 0.717) is 47.4 Å². The molecule has 2 heterocycles. The molecule has 0 radical (unpaired) electrons. The average Bonchev–Trinajstić information content (AvgIpc) is 3.58. The number of nitrogens with two attached hydrogens (primary N) is 1. The number of benzene rings is 3. The lowest BCUT2D eigenvalue weighted by atomic mass is 9.92. The summed E-state index contributed by atoms with van der Waals surface area (Å²) < 4.78 is 37.9. The van der Waals surface area contributed by atoms with Crippen molar-refractivity contribution in [3.8, 4) is 17.2 Å². The van der Waals surface area contributed by atoms with Gasteiger partial charge in [0.1, 0.15) is 22.9 Å². The van der Waals surface area contributed by atoms with Crippen LogP contribution < -0.4 is 35.5 Å². The zero-order chi connectivity index (χ0) is 35.8. The first kappa shape index (κ1) is 34.0. The number of carbonyl (C=O) groups is 4. The van der Waals surface area contributed by atoms with E-state index in [1.54, 1.807) is 47.4 Å². The second-order valence-electron chi connectivity index (χ2n) is 11.3. The van der Waals surface area contributed by atoms with Crippen molar-refractivity contribution in [2.75, 3.05) is 37.1 Å². The Kier molecular flexibility index (Phi) is 11.5. The second kappa shape index (κ2) is 16.5. The molecule has 1 saturated heterocycles. The van der Waals surface area contributed by atoms with Crippen molar-refractivity contribution in [1.82, 2.24) is 10.6 Å². The molecule has 3 aromatic carbocycles. The number of unbranched alkanes of at least 4 members (excludes halogenated alkanes) is 1. The largest absolute Gasteiger partial charge is 0.484 e. The molecule has 0 spiro atoms. The Bertz CT molecular complexity index is 1680. The van der Waals surface area contributed by atoms with Gasteiger partial charge in [-0.3, -0.25) is 14.4 Å². The third-order valence-electron chi connectivity index (χ3n) is 7.93. The normalized spacial score (nSPS) is 17.8. The van der Waals surface area contributed by atoms with E-state index in [-0.39, 0.29) is 30.6 Å². The number of halogens is 1. The smallest absolute Gasteiger partial charge is 0.326 e. The summed E-state index contributed by atoms with van der Waals surface area (Å²) in [6.07, 6.45) is 0.372. The minimum Gasteiger partial charge on any atom is -0.484 e. The zero-order valence-electron chi connectivity index (χ0n) is 27.3. The predicted molar refractivity (Wildman–Crippen MR) is 178 cm³/mol. The highest BCUT2D eigenvalue weighted by Crippen LogP contribution is 2.46. The van der Waals surface area contributed by atoms with Gasteiger partial charge in [0, 0.05) is 11.4 Å². The Morgan fingerprint density at radius 2 is 1.80 bits per heavy atom. The van der Waals surface area contributed by atoms with Gasteiger partial charge >= 0.3 is 5.97 Å². The van der Waals surface area contributed by atoms with E-state index in [2.05, 4.69) is 5.32 Å². The van der Waals surface area contributed by atoms with Gasteiger partial charge in [0.25, 0.3) is 5.91 Å². The number of nitrogens with zero attached hydrogens (tertiary/aromatic N) is 1. The standard InChI is InChI=1S/C34H37FN4O9S/c35-22-7-9-23(10-8-22)39-31(32(33(39)43)49-18-26(40)21-6-13-27-28(15-21)48-19-47-27)20-4-11-24(12-5-20)46-17-30(42)37-16-29(41)38-25(34(44)45)3-1-2-14-36/h4-13,15,25-26,31-32,40H,1-3,14,16-19,36H2,(H,37,42)(H,38,41)(H,44,45)/t25-,26?,31+,32+/m0/s1/i/hD. The number of ether oxygens (including phenoxy) is 3. The molecule has 3 aromatic rings. The number of carbonyl (C=O) groups excluding carboxylic acids is 3. The van der Waals surface area contributed by atoms with E-state index in [9.17, 15) is 33.8 Å². The maximum absolute atomic E-state index is 13.7. The van der Waals surface area contributed by atoms with Gasteiger partial charge in [0.2, 0.25) is 18.6 Å². The molecule has 0 aromatic heterocycles. The highest BCUT2D eigenvalue weighted by Gasteiger charge is 2.49. The number of β-lactam (4-membered cyclic amide) rings is 1. The molecule has 3 amide bonds. The summed E-state index contributed by atoms with van der Waals surface area (Å²) in [5.74, 6) is -1.88. The van der Waals surface area contributed by atoms with Crippen LogP contribution in [0.25, 0.3) is 0 Å². The number of aliphatic hydroxyl groups is 1. The number of carboxylic acids is 1. The van der Waals surface area contributed by atoms with Gasteiger partial charge in [-0.05, 0) is 85.5 Å². The summed E-state index contributed by atoms with van der Waals surface area (Å²) in [5, 5.41) is 22.4. The summed E-state index contributed by atoms with van der Waals surface area (Å²) in [6.45, 7) is -0.745. The number of hydrogen-bond acceptors (Lipinski definition) is 10. The van der Waals surface area contributed by atoms with Crippen molar-refractivity contribution < 1.29 is 49.4 Å². The van der Waals surface area contributed by atoms with Crippen molar-refractivity contribution in [3.05, 3.63) is 83.7 Å². The molecular weight excluding hydrogens is 659 g/mol. The number of fused-ring (bicyclic) bond motifs is 1. The summed E-state index contributed by atoms with van der Waals surface area (Å²) in [5.41, 5.74) is 7.27. The third kappa shape index (κ3) is 8.99. The Hall–Kier alpha value is -4.86. The van der Waals surface area contributed by atoms with Crippen LogP contribution >= 0.6 is 11.8 Å². The van der Waals surface area contributed by atoms with Crippen molar-refractivity contribution >= 4 is 41.1 Å². The Morgan fingerprint density at radius 3 is 2.51 bits per heavy atom. The number of nitrogens with one attached hydrogen (secondary N) is 2. The van der Waals surface area contributed by atoms with Crippen LogP contribution in [-0.2, 0) is 19.2 Å². The first-order valence-electron chi connectivity index (χ1n) is 16.0. The second-order valence-corrected chi connectivity index (χ2v) is 12.5. The van der Waals surface area contributed by atoms with Gasteiger partial charge in [-0.2, -0.15) is 0 Å². The first-order chi connectivity index (χ1) is 24.0. The molecule has 0 bridgehead atoms. The molecule has 2 aliphatic heterocycles. The van der Waals surface area contributed by atoms with Crippen LogP contribution in [-0.4, -0.2) is 77.4 Å². The van der Waals surface area contributed by atoms with E-state index >= 15 is 0 Å². The van der Waals surface area contributed by atoms with Crippen LogP contribution in [0.3, 0.4) is 0 Å². The first-order valence-corrected chi connectivity index (χ1v) is 16.6. The van der Waals surface area contributed by atoms with Crippen molar-refractivity contribution in [1.29, 1.82) is 0 Å². The van der Waals surface area contributed by atoms with Crippen LogP contribution in [0.4, 0.5) is 10.1 Å². The van der Waals surface area contributed by atoms with Gasteiger partial charge in [-0.1, -0.05) is 18.2 Å². The minimum absolute atomic E-state index is 0.107. The summed E-state index contributed by atoms with van der Waals surface area (Å²) in [7, 11) is 0. The molecule has 1 fully saturated rings. The lowest BCUT2D eigenvalue weighted by Gasteiger charge is -2.47. The summed E-state index contributed by atoms with van der Waals surface area (Å²) >= 11 is 1.29. The summed E-state index contributed by atoms with van der Waals surface area (Å²) in [6, 6.07) is 15.7. The molecule has 13 nitrogen and oxygen atoms in total. The van der Waals surface area contributed by atoms with Gasteiger partial charge < -0.3 is 45.7 Å². The molecule has 260 valence electrons. The van der Waals surface area contributed by atoms with E-state index in [0.717, 1.165) is 5.56 Å². The van der Waals surface area contributed by atoms with E-state index < -0.39 is 60.2 Å². The number of aliphatic carboxylic acids is 1. The maximum Gasteiger partial charge on any atom is 0.326 e. The summed E-state index contributed by atoms with van der Waals surface area (Å²) in [4.78, 5) is 51.2. The fourth-order valence-electron chi connectivity index (χ4n) is 5.35. The highest BCUT2D eigenvalue weighted by atomic mass is 32.2. The highest BCUT2D eigenvalue weighted by molar-refractivity contribution is 8.00. The van der Waals surface area contributed by atoms with Gasteiger partial charge in [0.15, 0.2) is 19.5 Å². The Morgan fingerprint density at radius 1 is 1.06 bits per heavy atom. The minimum atomic E-state index is -1.22. The zero-order valence-corrected chi connectivity index (χ0v) is 27.1. The predicted octanol–water partition coefficient (Wildman–Crippen LogP) is 2.67. The van der Waals surface area contributed by atoms with Crippen LogP contribution in [0.2, 0.25) is 1.41 Å². The Balaban J connectivity index is 1.19. The molecule has 49 heavy (non-hydrogen) atoms.